The van der Waals surface area contributed by atoms with Crippen molar-refractivity contribution in [2.45, 2.75) is 58.7 Å². The van der Waals surface area contributed by atoms with Gasteiger partial charge in [-0.2, -0.15) is 0 Å². The van der Waals surface area contributed by atoms with Gasteiger partial charge in [-0.3, -0.25) is 14.4 Å². The van der Waals surface area contributed by atoms with Gasteiger partial charge in [0.1, 0.15) is 6.04 Å². The van der Waals surface area contributed by atoms with Crippen LogP contribution in [0.5, 0.6) is 0 Å². The lowest BCUT2D eigenvalue weighted by Gasteiger charge is -2.34. The smallest absolute Gasteiger partial charge is 0.242 e. The Kier molecular flexibility index (Phi) is 8.20. The molecule has 1 heterocycles. The van der Waals surface area contributed by atoms with Crippen LogP contribution in [0, 0.1) is 11.8 Å². The Bertz CT molecular complexity index is 699. The van der Waals surface area contributed by atoms with E-state index in [9.17, 15) is 14.4 Å². The van der Waals surface area contributed by atoms with Gasteiger partial charge in [-0.15, -0.1) is 0 Å². The second-order valence-electron chi connectivity index (χ2n) is 8.24. The molecule has 7 nitrogen and oxygen atoms in total. The quantitative estimate of drug-likeness (QED) is 0.644. The van der Waals surface area contributed by atoms with E-state index in [-0.39, 0.29) is 35.6 Å². The largest absolute Gasteiger partial charge is 0.348 e. The number of carbonyl (C=O) groups is 3. The van der Waals surface area contributed by atoms with E-state index in [1.165, 1.54) is 0 Å². The van der Waals surface area contributed by atoms with E-state index in [0.717, 1.165) is 5.56 Å². The summed E-state index contributed by atoms with van der Waals surface area (Å²) in [5, 5.41) is 5.74. The molecule has 1 saturated heterocycles. The van der Waals surface area contributed by atoms with Gasteiger partial charge in [0.15, 0.2) is 0 Å². The zero-order chi connectivity index (χ0) is 21.6. The molecule has 1 aliphatic heterocycles. The maximum atomic E-state index is 12.6. The van der Waals surface area contributed by atoms with E-state index in [1.807, 2.05) is 51.1 Å². The maximum Gasteiger partial charge on any atom is 0.242 e. The van der Waals surface area contributed by atoms with Gasteiger partial charge in [0.25, 0.3) is 0 Å². The van der Waals surface area contributed by atoms with Crippen LogP contribution in [-0.2, 0) is 14.4 Å². The minimum atomic E-state index is -0.623. The SMILES string of the molecule is CC(NC(=O)C1CCN(C(=O)C(N)C(C)C)CC1)C(=O)NC(C)c1ccccc1. The minimum absolute atomic E-state index is 0.0542. The topological polar surface area (TPSA) is 105 Å². The highest BCUT2D eigenvalue weighted by Gasteiger charge is 2.31. The van der Waals surface area contributed by atoms with Gasteiger partial charge in [0.05, 0.1) is 12.1 Å². The van der Waals surface area contributed by atoms with Crippen LogP contribution in [-0.4, -0.2) is 47.8 Å². The van der Waals surface area contributed by atoms with Crippen LogP contribution in [0.15, 0.2) is 30.3 Å². The number of nitrogens with one attached hydrogen (secondary N) is 2. The van der Waals surface area contributed by atoms with E-state index in [4.69, 9.17) is 5.73 Å². The molecule has 0 aromatic heterocycles. The molecule has 0 bridgehead atoms. The van der Waals surface area contributed by atoms with Crippen molar-refractivity contribution < 1.29 is 14.4 Å². The lowest BCUT2D eigenvalue weighted by atomic mass is 9.94. The number of hydrogen-bond donors (Lipinski definition) is 3. The molecular formula is C22H34N4O3. The molecule has 1 fully saturated rings. The predicted molar refractivity (Wildman–Crippen MR) is 113 cm³/mol. The first-order valence-electron chi connectivity index (χ1n) is 10.4. The van der Waals surface area contributed by atoms with E-state index < -0.39 is 12.1 Å². The highest BCUT2D eigenvalue weighted by molar-refractivity contribution is 5.88. The van der Waals surface area contributed by atoms with Crippen molar-refractivity contribution in [1.82, 2.24) is 15.5 Å². The molecule has 0 aliphatic carbocycles. The standard InChI is InChI=1S/C22H34N4O3/c1-14(2)19(23)22(29)26-12-10-18(11-13-26)21(28)25-16(4)20(27)24-15(3)17-8-6-5-7-9-17/h5-9,14-16,18-19H,10-13,23H2,1-4H3,(H,24,27)(H,25,28). The first-order valence-corrected chi connectivity index (χ1v) is 10.4. The molecule has 7 heteroatoms. The van der Waals surface area contributed by atoms with Crippen molar-refractivity contribution in [2.75, 3.05) is 13.1 Å². The summed E-state index contributed by atoms with van der Waals surface area (Å²) in [4.78, 5) is 39.1. The molecule has 0 spiro atoms. The lowest BCUT2D eigenvalue weighted by Crippen LogP contribution is -2.52. The number of hydrogen-bond acceptors (Lipinski definition) is 4. The molecule has 2 rings (SSSR count). The second kappa shape index (κ2) is 10.4. The fourth-order valence-corrected chi connectivity index (χ4v) is 3.42. The van der Waals surface area contributed by atoms with E-state index in [0.29, 0.717) is 25.9 Å². The van der Waals surface area contributed by atoms with E-state index in [2.05, 4.69) is 10.6 Å². The third kappa shape index (κ3) is 6.29. The Balaban J connectivity index is 1.80. The van der Waals surface area contributed by atoms with Crippen molar-refractivity contribution in [3.63, 3.8) is 0 Å². The Labute approximate surface area is 173 Å². The summed E-state index contributed by atoms with van der Waals surface area (Å²) in [6.07, 6.45) is 1.16. The van der Waals surface area contributed by atoms with Gasteiger partial charge in [-0.1, -0.05) is 44.2 Å². The molecule has 29 heavy (non-hydrogen) atoms. The predicted octanol–water partition coefficient (Wildman–Crippen LogP) is 1.59. The minimum Gasteiger partial charge on any atom is -0.348 e. The van der Waals surface area contributed by atoms with Crippen molar-refractivity contribution in [3.05, 3.63) is 35.9 Å². The van der Waals surface area contributed by atoms with Gasteiger partial charge in [0.2, 0.25) is 17.7 Å². The van der Waals surface area contributed by atoms with Crippen LogP contribution in [0.25, 0.3) is 0 Å². The van der Waals surface area contributed by atoms with Gasteiger partial charge >= 0.3 is 0 Å². The number of amides is 3. The van der Waals surface area contributed by atoms with Crippen molar-refractivity contribution in [1.29, 1.82) is 0 Å². The third-order valence-corrected chi connectivity index (χ3v) is 5.59. The zero-order valence-electron chi connectivity index (χ0n) is 17.9. The summed E-state index contributed by atoms with van der Waals surface area (Å²) in [5.74, 6) is -0.524. The Hall–Kier alpha value is -2.41. The number of rotatable bonds is 7. The molecule has 3 unspecified atom stereocenters. The lowest BCUT2D eigenvalue weighted by molar-refractivity contribution is -0.138. The molecule has 3 amide bonds. The fraction of sp³-hybridized carbons (Fsp3) is 0.591. The molecule has 3 atom stereocenters. The van der Waals surface area contributed by atoms with Crippen molar-refractivity contribution >= 4 is 17.7 Å². The normalized spacial score (nSPS) is 18.1. The van der Waals surface area contributed by atoms with Crippen LogP contribution < -0.4 is 16.4 Å². The van der Waals surface area contributed by atoms with E-state index >= 15 is 0 Å². The first kappa shape index (κ1) is 22.9. The third-order valence-electron chi connectivity index (χ3n) is 5.59. The number of benzene rings is 1. The summed E-state index contributed by atoms with van der Waals surface area (Å²) in [5.41, 5.74) is 6.96. The number of piperidine rings is 1. The number of carbonyl (C=O) groups excluding carboxylic acids is 3. The number of likely N-dealkylation sites (tertiary alicyclic amines) is 1. The van der Waals surface area contributed by atoms with Crippen LogP contribution in [0.3, 0.4) is 0 Å². The van der Waals surface area contributed by atoms with E-state index in [1.54, 1.807) is 11.8 Å². The monoisotopic (exact) mass is 402 g/mol. The molecular weight excluding hydrogens is 368 g/mol. The van der Waals surface area contributed by atoms with Crippen LogP contribution in [0.2, 0.25) is 0 Å². The molecule has 1 aliphatic rings. The summed E-state index contributed by atoms with van der Waals surface area (Å²) < 4.78 is 0. The number of nitrogens with two attached hydrogens (primary N) is 1. The summed E-state index contributed by atoms with van der Waals surface area (Å²) in [6, 6.07) is 8.42. The molecule has 160 valence electrons. The van der Waals surface area contributed by atoms with Gasteiger partial charge in [-0.25, -0.2) is 0 Å². The summed E-state index contributed by atoms with van der Waals surface area (Å²) in [7, 11) is 0. The number of nitrogens with zero attached hydrogens (tertiary/aromatic N) is 1. The Morgan fingerprint density at radius 1 is 1.00 bits per heavy atom. The average molecular weight is 403 g/mol. The molecule has 4 N–H and O–H groups in total. The summed E-state index contributed by atoms with van der Waals surface area (Å²) >= 11 is 0. The van der Waals surface area contributed by atoms with Gasteiger partial charge in [-0.05, 0) is 38.2 Å². The second-order valence-corrected chi connectivity index (χ2v) is 8.24. The molecule has 1 aromatic rings. The maximum absolute atomic E-state index is 12.6. The van der Waals surface area contributed by atoms with Crippen molar-refractivity contribution in [3.8, 4) is 0 Å². The van der Waals surface area contributed by atoms with Crippen molar-refractivity contribution in [2.24, 2.45) is 17.6 Å². The molecule has 0 saturated carbocycles. The highest BCUT2D eigenvalue weighted by Crippen LogP contribution is 2.19. The first-order chi connectivity index (χ1) is 13.7. The average Bonchev–Trinajstić information content (AvgIpc) is 2.73. The van der Waals surface area contributed by atoms with Crippen LogP contribution in [0.1, 0.15) is 52.1 Å². The van der Waals surface area contributed by atoms with Gasteiger partial charge in [0, 0.05) is 19.0 Å². The van der Waals surface area contributed by atoms with Crippen LogP contribution in [0.4, 0.5) is 0 Å². The molecule has 0 radical (unpaired) electrons. The Morgan fingerprint density at radius 3 is 2.14 bits per heavy atom. The highest BCUT2D eigenvalue weighted by atomic mass is 16.2. The molecule has 1 aromatic carbocycles. The Morgan fingerprint density at radius 2 is 1.59 bits per heavy atom. The van der Waals surface area contributed by atoms with Gasteiger partial charge < -0.3 is 21.3 Å². The van der Waals surface area contributed by atoms with Crippen LogP contribution >= 0.6 is 0 Å². The fourth-order valence-electron chi connectivity index (χ4n) is 3.42. The summed E-state index contributed by atoms with van der Waals surface area (Å²) in [6.45, 7) is 8.48. The zero-order valence-corrected chi connectivity index (χ0v) is 17.9.